The molecule has 1 N–H and O–H groups in total. The van der Waals surface area contributed by atoms with Gasteiger partial charge in [-0.2, -0.15) is 8.78 Å². The molecule has 8 heteroatoms. The van der Waals surface area contributed by atoms with Crippen LogP contribution in [0.1, 0.15) is 31.9 Å². The number of carboxylic acid groups (broad SMARTS) is 1. The summed E-state index contributed by atoms with van der Waals surface area (Å²) in [5.74, 6) is -1.19. The zero-order chi connectivity index (χ0) is 17.7. The average Bonchev–Trinajstić information content (AvgIpc) is 2.47. The molecule has 1 aromatic rings. The number of benzene rings is 1. The van der Waals surface area contributed by atoms with Gasteiger partial charge in [-0.15, -0.1) is 0 Å². The lowest BCUT2D eigenvalue weighted by Gasteiger charge is -2.26. The second-order valence-corrected chi connectivity index (χ2v) is 6.69. The average molecular weight is 348 g/mol. The van der Waals surface area contributed by atoms with Gasteiger partial charge >= 0.3 is 19.2 Å². The zero-order valence-electron chi connectivity index (χ0n) is 13.1. The highest BCUT2D eigenvalue weighted by Gasteiger charge is 2.54. The minimum Gasteiger partial charge on any atom is -0.478 e. The van der Waals surface area contributed by atoms with Gasteiger partial charge in [-0.05, 0) is 38.0 Å². The van der Waals surface area contributed by atoms with Crippen molar-refractivity contribution in [2.45, 2.75) is 26.4 Å². The molecule has 0 fully saturated rings. The monoisotopic (exact) mass is 348 g/mol. The predicted molar refractivity (Wildman–Crippen MR) is 82.5 cm³/mol. The Labute approximate surface area is 133 Å². The maximum absolute atomic E-state index is 14.6. The number of rotatable bonds is 8. The van der Waals surface area contributed by atoms with E-state index in [4.69, 9.17) is 14.2 Å². The molecule has 0 unspecified atom stereocenters. The normalized spacial score (nSPS) is 13.2. The predicted octanol–water partition coefficient (Wildman–Crippen LogP) is 4.49. The minimum atomic E-state index is -4.69. The van der Waals surface area contributed by atoms with Crippen LogP contribution in [0.3, 0.4) is 0 Å². The highest BCUT2D eigenvalue weighted by Crippen LogP contribution is 2.66. The Morgan fingerprint density at radius 3 is 2.35 bits per heavy atom. The Morgan fingerprint density at radius 1 is 1.30 bits per heavy atom. The fraction of sp³-hybridized carbons (Fsp3) is 0.400. The molecule has 0 amide bonds. The number of carboxylic acids is 1. The largest absolute Gasteiger partial charge is 0.478 e. The quantitative estimate of drug-likeness (QED) is 0.553. The van der Waals surface area contributed by atoms with Crippen molar-refractivity contribution in [1.29, 1.82) is 0 Å². The van der Waals surface area contributed by atoms with Crippen LogP contribution >= 0.6 is 7.60 Å². The van der Waals surface area contributed by atoms with Gasteiger partial charge in [0.1, 0.15) is 0 Å². The number of aliphatic carboxylic acids is 1. The molecule has 0 heterocycles. The van der Waals surface area contributed by atoms with Gasteiger partial charge in [0.05, 0.1) is 13.2 Å². The molecule has 1 rings (SSSR count). The van der Waals surface area contributed by atoms with Crippen molar-refractivity contribution in [3.05, 3.63) is 41.5 Å². The van der Waals surface area contributed by atoms with Crippen molar-refractivity contribution >= 4 is 19.1 Å². The van der Waals surface area contributed by atoms with Gasteiger partial charge in [0.15, 0.2) is 0 Å². The van der Waals surface area contributed by atoms with E-state index in [1.54, 1.807) is 0 Å². The molecule has 0 radical (unpaired) electrons. The van der Waals surface area contributed by atoms with E-state index < -0.39 is 24.8 Å². The fourth-order valence-corrected chi connectivity index (χ4v) is 3.45. The topological polar surface area (TPSA) is 72.8 Å². The number of hydrogen-bond donors (Lipinski definition) is 1. The van der Waals surface area contributed by atoms with Crippen LogP contribution in [-0.4, -0.2) is 24.3 Å². The van der Waals surface area contributed by atoms with Gasteiger partial charge in [-0.1, -0.05) is 18.2 Å². The molecule has 128 valence electrons. The Kier molecular flexibility index (Phi) is 6.62. The van der Waals surface area contributed by atoms with Gasteiger partial charge in [-0.25, -0.2) is 4.79 Å². The molecule has 0 aliphatic rings. The molecule has 0 saturated carbocycles. The molecule has 0 aliphatic carbocycles. The molecule has 5 nitrogen and oxygen atoms in total. The van der Waals surface area contributed by atoms with Crippen molar-refractivity contribution in [2.24, 2.45) is 0 Å². The molecule has 0 spiro atoms. The van der Waals surface area contributed by atoms with E-state index in [9.17, 15) is 18.1 Å². The molecule has 0 aliphatic heterocycles. The summed E-state index contributed by atoms with van der Waals surface area (Å²) in [7, 11) is -4.69. The second-order valence-electron chi connectivity index (χ2n) is 4.62. The molecule has 1 aromatic carbocycles. The lowest BCUT2D eigenvalue weighted by atomic mass is 10.0. The van der Waals surface area contributed by atoms with Crippen LogP contribution in [0.15, 0.2) is 30.3 Å². The SMILES string of the molecule is CCOP(=O)(OCC)C(F)(F)c1cccc(C(C)=CC(=O)O)c1. The van der Waals surface area contributed by atoms with E-state index in [2.05, 4.69) is 0 Å². The van der Waals surface area contributed by atoms with E-state index >= 15 is 0 Å². The molecule has 0 aromatic heterocycles. The van der Waals surface area contributed by atoms with Crippen molar-refractivity contribution in [3.63, 3.8) is 0 Å². The number of halogens is 2. The first kappa shape index (κ1) is 19.5. The van der Waals surface area contributed by atoms with Crippen LogP contribution in [0.5, 0.6) is 0 Å². The van der Waals surface area contributed by atoms with Crippen LogP contribution in [0, 0.1) is 0 Å². The third kappa shape index (κ3) is 4.47. The molecule has 0 atom stereocenters. The summed E-state index contributed by atoms with van der Waals surface area (Å²) in [4.78, 5) is 10.7. The van der Waals surface area contributed by atoms with Crippen molar-refractivity contribution in [3.8, 4) is 0 Å². The fourth-order valence-electron chi connectivity index (χ4n) is 1.92. The first-order valence-electron chi connectivity index (χ1n) is 6.97. The van der Waals surface area contributed by atoms with Gasteiger partial charge in [0, 0.05) is 11.6 Å². The Balaban J connectivity index is 3.33. The molecule has 0 saturated heterocycles. The van der Waals surface area contributed by atoms with E-state index in [1.165, 1.54) is 32.9 Å². The Morgan fingerprint density at radius 2 is 1.87 bits per heavy atom. The van der Waals surface area contributed by atoms with Gasteiger partial charge in [0.25, 0.3) is 0 Å². The standard InChI is InChI=1S/C15H19F2O5P/c1-4-21-23(20,22-5-2)15(16,17)13-8-6-7-12(10-13)11(3)9-14(18)19/h6-10H,4-5H2,1-3H3,(H,18,19). The van der Waals surface area contributed by atoms with Gasteiger partial charge in [0.2, 0.25) is 0 Å². The maximum atomic E-state index is 14.6. The maximum Gasteiger partial charge on any atom is 0.404 e. The highest BCUT2D eigenvalue weighted by atomic mass is 31.2. The van der Waals surface area contributed by atoms with Crippen LogP contribution in [0.4, 0.5) is 8.78 Å². The smallest absolute Gasteiger partial charge is 0.404 e. The third-order valence-electron chi connectivity index (χ3n) is 2.95. The number of hydrogen-bond acceptors (Lipinski definition) is 4. The summed E-state index contributed by atoms with van der Waals surface area (Å²) in [5, 5.41) is 8.73. The molecular weight excluding hydrogens is 329 g/mol. The van der Waals surface area contributed by atoms with E-state index in [-0.39, 0.29) is 24.4 Å². The molecule has 23 heavy (non-hydrogen) atoms. The van der Waals surface area contributed by atoms with E-state index in [0.29, 0.717) is 0 Å². The van der Waals surface area contributed by atoms with E-state index in [0.717, 1.165) is 18.2 Å². The van der Waals surface area contributed by atoms with E-state index in [1.807, 2.05) is 0 Å². The van der Waals surface area contributed by atoms with Crippen molar-refractivity contribution < 1.29 is 32.3 Å². The van der Waals surface area contributed by atoms with Crippen LogP contribution in [0.2, 0.25) is 0 Å². The van der Waals surface area contributed by atoms with Gasteiger partial charge in [-0.3, -0.25) is 4.57 Å². The van der Waals surface area contributed by atoms with Crippen LogP contribution in [-0.2, 0) is 24.1 Å². The summed E-state index contributed by atoms with van der Waals surface area (Å²) >= 11 is 0. The summed E-state index contributed by atoms with van der Waals surface area (Å²) in [6, 6.07) is 5.00. The lowest BCUT2D eigenvalue weighted by Crippen LogP contribution is -2.18. The lowest BCUT2D eigenvalue weighted by molar-refractivity contribution is -0.131. The summed E-state index contributed by atoms with van der Waals surface area (Å²) in [6.45, 7) is 3.99. The molecule has 0 bridgehead atoms. The first-order chi connectivity index (χ1) is 10.7. The van der Waals surface area contributed by atoms with Crippen molar-refractivity contribution in [2.75, 3.05) is 13.2 Å². The van der Waals surface area contributed by atoms with Gasteiger partial charge < -0.3 is 14.2 Å². The summed E-state index contributed by atoms with van der Waals surface area (Å²) < 4.78 is 51.1. The third-order valence-corrected chi connectivity index (χ3v) is 5.09. The summed E-state index contributed by atoms with van der Waals surface area (Å²) in [6.07, 6.45) is 0.905. The van der Waals surface area contributed by atoms with Crippen LogP contribution < -0.4 is 0 Å². The molecular formula is C15H19F2O5P. The highest BCUT2D eigenvalue weighted by molar-refractivity contribution is 7.54. The number of carbonyl (C=O) groups is 1. The Hall–Kier alpha value is -1.56. The summed E-state index contributed by atoms with van der Waals surface area (Å²) in [5.41, 5.74) is -3.83. The Bertz CT molecular complexity index is 633. The van der Waals surface area contributed by atoms with Crippen LogP contribution in [0.25, 0.3) is 5.57 Å². The van der Waals surface area contributed by atoms with Crippen molar-refractivity contribution in [1.82, 2.24) is 0 Å². The number of alkyl halides is 2. The number of allylic oxidation sites excluding steroid dienone is 1. The first-order valence-corrected chi connectivity index (χ1v) is 8.51. The zero-order valence-corrected chi connectivity index (χ0v) is 14.0. The minimum absolute atomic E-state index is 0.190. The second kappa shape index (κ2) is 7.81.